The van der Waals surface area contributed by atoms with Crippen LogP contribution in [0.2, 0.25) is 5.02 Å². The molecule has 0 fully saturated rings. The second-order valence-electron chi connectivity index (χ2n) is 5.61. The molecule has 0 aliphatic carbocycles. The molecule has 1 N–H and O–H groups in total. The van der Waals surface area contributed by atoms with Crippen LogP contribution in [0.1, 0.15) is 35.7 Å². The molecule has 0 aliphatic heterocycles. The minimum Gasteiger partial charge on any atom is -0.545 e. The number of hydrogen-bond donors (Lipinski definition) is 1. The highest BCUT2D eigenvalue weighted by Crippen LogP contribution is 2.28. The molecule has 23 heavy (non-hydrogen) atoms. The molecule has 6 heteroatoms. The van der Waals surface area contributed by atoms with Gasteiger partial charge in [0.15, 0.2) is 0 Å². The summed E-state index contributed by atoms with van der Waals surface area (Å²) in [6, 6.07) is 7.64. The van der Waals surface area contributed by atoms with Gasteiger partial charge in [-0.3, -0.25) is 0 Å². The molecule has 0 bridgehead atoms. The molecule has 3 aromatic rings. The normalized spacial score (nSPS) is 11.3. The predicted molar refractivity (Wildman–Crippen MR) is 84.9 cm³/mol. The van der Waals surface area contributed by atoms with Crippen LogP contribution in [0, 0.1) is 5.82 Å². The Morgan fingerprint density at radius 3 is 2.70 bits per heavy atom. The van der Waals surface area contributed by atoms with Crippen molar-refractivity contribution in [2.75, 3.05) is 0 Å². The summed E-state index contributed by atoms with van der Waals surface area (Å²) in [7, 11) is 0. The van der Waals surface area contributed by atoms with Gasteiger partial charge in [-0.25, -0.2) is 9.37 Å². The van der Waals surface area contributed by atoms with Gasteiger partial charge in [0.2, 0.25) is 0 Å². The first-order valence-electron chi connectivity index (χ1n) is 7.07. The molecule has 0 atom stereocenters. The summed E-state index contributed by atoms with van der Waals surface area (Å²) in [6.45, 7) is 3.80. The van der Waals surface area contributed by atoms with Crippen molar-refractivity contribution in [1.29, 1.82) is 0 Å². The van der Waals surface area contributed by atoms with Crippen molar-refractivity contribution >= 4 is 28.6 Å². The topological polar surface area (TPSA) is 68.8 Å². The van der Waals surface area contributed by atoms with Crippen LogP contribution in [0.4, 0.5) is 4.39 Å². The van der Waals surface area contributed by atoms with E-state index in [1.54, 1.807) is 12.1 Å². The van der Waals surface area contributed by atoms with E-state index in [1.165, 1.54) is 18.2 Å². The summed E-state index contributed by atoms with van der Waals surface area (Å²) >= 11 is 5.76. The van der Waals surface area contributed by atoms with Gasteiger partial charge in [-0.15, -0.1) is 0 Å². The van der Waals surface area contributed by atoms with Crippen LogP contribution in [-0.4, -0.2) is 15.9 Å². The van der Waals surface area contributed by atoms with Crippen LogP contribution >= 0.6 is 11.6 Å². The van der Waals surface area contributed by atoms with Crippen LogP contribution in [0.25, 0.3) is 22.4 Å². The number of H-pyrrole nitrogens is 1. The maximum absolute atomic E-state index is 13.5. The van der Waals surface area contributed by atoms with E-state index >= 15 is 0 Å². The number of fused-ring (bicyclic) bond motifs is 1. The summed E-state index contributed by atoms with van der Waals surface area (Å²) in [5.41, 5.74) is 2.60. The Morgan fingerprint density at radius 1 is 1.30 bits per heavy atom. The van der Waals surface area contributed by atoms with Gasteiger partial charge < -0.3 is 14.9 Å². The first-order valence-corrected chi connectivity index (χ1v) is 7.45. The highest BCUT2D eigenvalue weighted by atomic mass is 35.5. The number of nitrogens with zero attached hydrogens (tertiary/aromatic N) is 1. The molecule has 0 spiro atoms. The fourth-order valence-corrected chi connectivity index (χ4v) is 2.67. The van der Waals surface area contributed by atoms with Gasteiger partial charge in [-0.05, 0) is 23.6 Å². The number of carbonyl (C=O) groups is 1. The maximum Gasteiger partial charge on any atom is 0.144 e. The number of imidazole rings is 1. The van der Waals surface area contributed by atoms with Gasteiger partial charge >= 0.3 is 0 Å². The Bertz CT molecular complexity index is 879. The monoisotopic (exact) mass is 331 g/mol. The first-order chi connectivity index (χ1) is 10.9. The quantitative estimate of drug-likeness (QED) is 0.798. The van der Waals surface area contributed by atoms with Gasteiger partial charge in [0.25, 0.3) is 0 Å². The van der Waals surface area contributed by atoms with E-state index in [0.717, 1.165) is 0 Å². The molecule has 1 aromatic heterocycles. The SMILES string of the molecule is CC(C)c1cc(-c2nc3cc(Cl)c(F)cc3[nH]2)ccc1C(=O)[O-]. The van der Waals surface area contributed by atoms with Crippen LogP contribution in [-0.2, 0) is 0 Å². The number of hydrogen-bond acceptors (Lipinski definition) is 3. The number of aromatic carboxylic acids is 1. The highest BCUT2D eigenvalue weighted by Gasteiger charge is 2.13. The van der Waals surface area contributed by atoms with Crippen molar-refractivity contribution in [3.63, 3.8) is 0 Å². The lowest BCUT2D eigenvalue weighted by molar-refractivity contribution is -0.255. The number of nitrogens with one attached hydrogen (secondary N) is 1. The maximum atomic E-state index is 13.5. The Kier molecular flexibility index (Phi) is 3.82. The second kappa shape index (κ2) is 5.66. The van der Waals surface area contributed by atoms with Crippen LogP contribution in [0.15, 0.2) is 30.3 Å². The smallest absolute Gasteiger partial charge is 0.144 e. The van der Waals surface area contributed by atoms with Gasteiger partial charge in [0.05, 0.1) is 22.0 Å². The van der Waals surface area contributed by atoms with E-state index in [2.05, 4.69) is 9.97 Å². The number of carboxylic acids is 1. The van der Waals surface area contributed by atoms with Crippen LogP contribution < -0.4 is 5.11 Å². The summed E-state index contributed by atoms with van der Waals surface area (Å²) in [4.78, 5) is 18.6. The summed E-state index contributed by atoms with van der Waals surface area (Å²) < 4.78 is 13.5. The number of benzene rings is 2. The number of halogens is 2. The average Bonchev–Trinajstić information content (AvgIpc) is 2.89. The molecule has 4 nitrogen and oxygen atoms in total. The average molecular weight is 332 g/mol. The van der Waals surface area contributed by atoms with Crippen molar-refractivity contribution in [2.24, 2.45) is 0 Å². The molecular formula is C17H13ClFN2O2-. The van der Waals surface area contributed by atoms with Crippen molar-refractivity contribution in [3.8, 4) is 11.4 Å². The molecule has 118 valence electrons. The fourth-order valence-electron chi connectivity index (χ4n) is 2.52. The van der Waals surface area contributed by atoms with E-state index in [0.29, 0.717) is 28.0 Å². The second-order valence-corrected chi connectivity index (χ2v) is 6.02. The van der Waals surface area contributed by atoms with E-state index in [1.807, 2.05) is 13.8 Å². The highest BCUT2D eigenvalue weighted by molar-refractivity contribution is 6.31. The molecule has 0 amide bonds. The zero-order valence-corrected chi connectivity index (χ0v) is 13.2. The minimum atomic E-state index is -1.21. The van der Waals surface area contributed by atoms with Crippen LogP contribution in [0.3, 0.4) is 0 Å². The van der Waals surface area contributed by atoms with Gasteiger partial charge in [0, 0.05) is 17.2 Å². The summed E-state index contributed by atoms with van der Waals surface area (Å²) in [6.07, 6.45) is 0. The Hall–Kier alpha value is -2.40. The van der Waals surface area contributed by atoms with Crippen molar-refractivity contribution < 1.29 is 14.3 Å². The van der Waals surface area contributed by atoms with Gasteiger partial charge in [0.1, 0.15) is 11.6 Å². The minimum absolute atomic E-state index is 0.00530. The number of rotatable bonds is 3. The zero-order valence-electron chi connectivity index (χ0n) is 12.5. The number of carbonyl (C=O) groups excluding carboxylic acids is 1. The molecule has 0 saturated carbocycles. The van der Waals surface area contributed by atoms with Gasteiger partial charge in [-0.1, -0.05) is 37.6 Å². The third-order valence-corrected chi connectivity index (χ3v) is 3.98. The van der Waals surface area contributed by atoms with Gasteiger partial charge in [-0.2, -0.15) is 0 Å². The lowest BCUT2D eigenvalue weighted by Gasteiger charge is -2.14. The van der Waals surface area contributed by atoms with Crippen LogP contribution in [0.5, 0.6) is 0 Å². The Balaban J connectivity index is 2.15. The lowest BCUT2D eigenvalue weighted by Crippen LogP contribution is -2.24. The van der Waals surface area contributed by atoms with E-state index in [4.69, 9.17) is 11.6 Å². The van der Waals surface area contributed by atoms with E-state index in [9.17, 15) is 14.3 Å². The molecular weight excluding hydrogens is 319 g/mol. The lowest BCUT2D eigenvalue weighted by atomic mass is 9.95. The first kappa shape index (κ1) is 15.5. The van der Waals surface area contributed by atoms with Crippen molar-refractivity contribution in [1.82, 2.24) is 9.97 Å². The van der Waals surface area contributed by atoms with Crippen molar-refractivity contribution in [3.05, 3.63) is 52.3 Å². The zero-order chi connectivity index (χ0) is 16.7. The standard InChI is InChI=1S/C17H14ClFN2O2/c1-8(2)11-5-9(3-4-10(11)17(22)23)16-20-14-6-12(18)13(19)7-15(14)21-16/h3-8H,1-2H3,(H,20,21)(H,22,23)/p-1. The van der Waals surface area contributed by atoms with Crippen molar-refractivity contribution in [2.45, 2.75) is 19.8 Å². The molecule has 0 aliphatic rings. The Morgan fingerprint density at radius 2 is 2.04 bits per heavy atom. The molecule has 0 radical (unpaired) electrons. The molecule has 3 rings (SSSR count). The van der Waals surface area contributed by atoms with E-state index in [-0.39, 0.29) is 16.5 Å². The van der Waals surface area contributed by atoms with E-state index < -0.39 is 11.8 Å². The molecule has 1 heterocycles. The number of aromatic amines is 1. The predicted octanol–water partition coefficient (Wildman–Crippen LogP) is 3.51. The summed E-state index contributed by atoms with van der Waals surface area (Å²) in [5.74, 6) is -1.20. The largest absolute Gasteiger partial charge is 0.545 e. The molecule has 2 aromatic carbocycles. The fraction of sp³-hybridized carbons (Fsp3) is 0.176. The third kappa shape index (κ3) is 2.80. The molecule has 0 unspecified atom stereocenters. The Labute approximate surface area is 136 Å². The number of aromatic nitrogens is 2. The number of carboxylic acid groups (broad SMARTS) is 1. The summed E-state index contributed by atoms with van der Waals surface area (Å²) in [5, 5.41) is 11.2. The molecule has 0 saturated heterocycles. The third-order valence-electron chi connectivity index (χ3n) is 3.69.